The van der Waals surface area contributed by atoms with Gasteiger partial charge in [0, 0.05) is 39.3 Å². The van der Waals surface area contributed by atoms with Gasteiger partial charge >= 0.3 is 0 Å². The molecule has 0 radical (unpaired) electrons. The lowest BCUT2D eigenvalue weighted by atomic mass is 9.99. The van der Waals surface area contributed by atoms with Crippen LogP contribution in [-0.2, 0) is 11.3 Å². The van der Waals surface area contributed by atoms with E-state index >= 15 is 0 Å². The fraction of sp³-hybridized carbons (Fsp3) is 0.733. The molecule has 5 nitrogen and oxygen atoms in total. The first-order valence-electron chi connectivity index (χ1n) is 7.46. The molecule has 0 spiro atoms. The van der Waals surface area contributed by atoms with E-state index in [0.717, 1.165) is 49.8 Å². The predicted molar refractivity (Wildman–Crippen MR) is 80.8 cm³/mol. The van der Waals surface area contributed by atoms with E-state index in [0.29, 0.717) is 18.4 Å². The minimum Gasteiger partial charge on any atom is -0.381 e. The van der Waals surface area contributed by atoms with Gasteiger partial charge in [-0.15, -0.1) is 0 Å². The van der Waals surface area contributed by atoms with E-state index in [2.05, 4.69) is 35.8 Å². The van der Waals surface area contributed by atoms with Crippen molar-refractivity contribution in [2.45, 2.75) is 39.2 Å². The molecule has 0 aromatic carbocycles. The summed E-state index contributed by atoms with van der Waals surface area (Å²) in [5, 5.41) is 0. The number of rotatable bonds is 5. The van der Waals surface area contributed by atoms with Crippen LogP contribution < -0.4 is 10.6 Å². The van der Waals surface area contributed by atoms with Gasteiger partial charge in [0.05, 0.1) is 17.6 Å². The Balaban J connectivity index is 2.09. The molecule has 20 heavy (non-hydrogen) atoms. The van der Waals surface area contributed by atoms with E-state index in [4.69, 9.17) is 10.5 Å². The summed E-state index contributed by atoms with van der Waals surface area (Å²) in [4.78, 5) is 11.3. The zero-order valence-electron chi connectivity index (χ0n) is 12.8. The maximum Gasteiger partial charge on any atom is 0.131 e. The van der Waals surface area contributed by atoms with Gasteiger partial charge in [-0.1, -0.05) is 13.8 Å². The molecule has 1 fully saturated rings. The fourth-order valence-corrected chi connectivity index (χ4v) is 2.59. The maximum absolute atomic E-state index is 5.85. The van der Waals surface area contributed by atoms with Crippen LogP contribution in [0.1, 0.15) is 44.1 Å². The van der Waals surface area contributed by atoms with Gasteiger partial charge in [0.15, 0.2) is 0 Å². The first kappa shape index (κ1) is 15.2. The van der Waals surface area contributed by atoms with E-state index in [1.54, 1.807) is 0 Å². The van der Waals surface area contributed by atoms with E-state index < -0.39 is 0 Å². The lowest BCUT2D eigenvalue weighted by Crippen LogP contribution is -2.30. The van der Waals surface area contributed by atoms with Crippen LogP contribution in [0.5, 0.6) is 0 Å². The zero-order chi connectivity index (χ0) is 14.5. The molecule has 1 aromatic heterocycles. The highest BCUT2D eigenvalue weighted by Gasteiger charge is 2.18. The average Bonchev–Trinajstić information content (AvgIpc) is 2.47. The molecule has 2 N–H and O–H groups in total. The Bertz CT molecular complexity index is 430. The summed E-state index contributed by atoms with van der Waals surface area (Å²) in [5.41, 5.74) is 7.86. The molecular formula is C15H26N4O. The van der Waals surface area contributed by atoms with Crippen molar-refractivity contribution in [3.05, 3.63) is 17.7 Å². The molecule has 0 aliphatic carbocycles. The monoisotopic (exact) mass is 278 g/mol. The molecule has 0 atom stereocenters. The second-order valence-electron chi connectivity index (χ2n) is 5.86. The van der Waals surface area contributed by atoms with Crippen molar-refractivity contribution in [3.63, 3.8) is 0 Å². The lowest BCUT2D eigenvalue weighted by Gasteiger charge is -2.29. The van der Waals surface area contributed by atoms with Crippen LogP contribution in [0.15, 0.2) is 6.20 Å². The van der Waals surface area contributed by atoms with Gasteiger partial charge in [0.1, 0.15) is 5.82 Å². The third-order valence-electron chi connectivity index (χ3n) is 3.86. The van der Waals surface area contributed by atoms with Crippen LogP contribution in [0.25, 0.3) is 0 Å². The maximum atomic E-state index is 5.85. The van der Waals surface area contributed by atoms with Gasteiger partial charge in [-0.25, -0.2) is 9.97 Å². The Hall–Kier alpha value is -1.20. The standard InChI is InChI=1S/C15H26N4O/c1-11(2)15-17-9-14(13(8-16)18-15)19(3)10-12-4-6-20-7-5-12/h9,11-12H,4-8,10,16H2,1-3H3. The minimum atomic E-state index is 0.329. The summed E-state index contributed by atoms with van der Waals surface area (Å²) in [6.45, 7) is 7.43. The highest BCUT2D eigenvalue weighted by molar-refractivity contribution is 5.48. The van der Waals surface area contributed by atoms with Crippen molar-refractivity contribution < 1.29 is 4.74 Å². The molecule has 1 aliphatic heterocycles. The molecule has 0 saturated carbocycles. The quantitative estimate of drug-likeness (QED) is 0.891. The Morgan fingerprint density at radius 2 is 2.10 bits per heavy atom. The molecule has 0 amide bonds. The second kappa shape index (κ2) is 6.99. The smallest absolute Gasteiger partial charge is 0.131 e. The van der Waals surface area contributed by atoms with Crippen molar-refractivity contribution in [2.75, 3.05) is 31.7 Å². The predicted octanol–water partition coefficient (Wildman–Crippen LogP) is 1.92. The van der Waals surface area contributed by atoms with Crippen LogP contribution in [0, 0.1) is 5.92 Å². The number of nitrogens with zero attached hydrogens (tertiary/aromatic N) is 3. The summed E-state index contributed by atoms with van der Waals surface area (Å²) in [6, 6.07) is 0. The molecule has 1 aromatic rings. The molecule has 1 aliphatic rings. The van der Waals surface area contributed by atoms with Gasteiger partial charge in [-0.3, -0.25) is 0 Å². The van der Waals surface area contributed by atoms with Crippen molar-refractivity contribution in [1.82, 2.24) is 9.97 Å². The third-order valence-corrected chi connectivity index (χ3v) is 3.86. The second-order valence-corrected chi connectivity index (χ2v) is 5.86. The largest absolute Gasteiger partial charge is 0.381 e. The van der Waals surface area contributed by atoms with Gasteiger partial charge in [-0.05, 0) is 18.8 Å². The lowest BCUT2D eigenvalue weighted by molar-refractivity contribution is 0.0685. The average molecular weight is 278 g/mol. The Morgan fingerprint density at radius 1 is 1.40 bits per heavy atom. The first-order chi connectivity index (χ1) is 9.61. The summed E-state index contributed by atoms with van der Waals surface area (Å²) < 4.78 is 5.41. The molecule has 2 heterocycles. The third kappa shape index (κ3) is 3.67. The fourth-order valence-electron chi connectivity index (χ4n) is 2.59. The van der Waals surface area contributed by atoms with E-state index in [1.807, 2.05) is 6.20 Å². The summed E-state index contributed by atoms with van der Waals surface area (Å²) >= 11 is 0. The number of hydrogen-bond donors (Lipinski definition) is 1. The molecule has 2 rings (SSSR count). The van der Waals surface area contributed by atoms with E-state index in [-0.39, 0.29) is 0 Å². The number of ether oxygens (including phenoxy) is 1. The molecule has 0 bridgehead atoms. The highest BCUT2D eigenvalue weighted by Crippen LogP contribution is 2.22. The van der Waals surface area contributed by atoms with Gasteiger partial charge in [-0.2, -0.15) is 0 Å². The number of anilines is 1. The Labute approximate surface area is 121 Å². The number of nitrogens with two attached hydrogens (primary N) is 1. The first-order valence-corrected chi connectivity index (χ1v) is 7.46. The van der Waals surface area contributed by atoms with Crippen molar-refractivity contribution >= 4 is 5.69 Å². The minimum absolute atomic E-state index is 0.329. The number of aromatic nitrogens is 2. The van der Waals surface area contributed by atoms with Crippen LogP contribution in [-0.4, -0.2) is 36.8 Å². The summed E-state index contributed by atoms with van der Waals surface area (Å²) in [6.07, 6.45) is 4.18. The zero-order valence-corrected chi connectivity index (χ0v) is 12.8. The van der Waals surface area contributed by atoms with Crippen LogP contribution in [0.2, 0.25) is 0 Å². The Kier molecular flexibility index (Phi) is 5.31. The van der Waals surface area contributed by atoms with Crippen molar-refractivity contribution in [2.24, 2.45) is 11.7 Å². The van der Waals surface area contributed by atoms with E-state index in [1.165, 1.54) is 0 Å². The highest BCUT2D eigenvalue weighted by atomic mass is 16.5. The normalized spacial score (nSPS) is 16.6. The van der Waals surface area contributed by atoms with Gasteiger partial charge < -0.3 is 15.4 Å². The van der Waals surface area contributed by atoms with Crippen LogP contribution >= 0.6 is 0 Å². The van der Waals surface area contributed by atoms with E-state index in [9.17, 15) is 0 Å². The topological polar surface area (TPSA) is 64.3 Å². The van der Waals surface area contributed by atoms with Gasteiger partial charge in [0.2, 0.25) is 0 Å². The van der Waals surface area contributed by atoms with Gasteiger partial charge in [0.25, 0.3) is 0 Å². The van der Waals surface area contributed by atoms with Crippen molar-refractivity contribution in [3.8, 4) is 0 Å². The molecule has 1 saturated heterocycles. The summed E-state index contributed by atoms with van der Waals surface area (Å²) in [5.74, 6) is 1.88. The number of hydrogen-bond acceptors (Lipinski definition) is 5. The Morgan fingerprint density at radius 3 is 2.70 bits per heavy atom. The van der Waals surface area contributed by atoms with Crippen LogP contribution in [0.4, 0.5) is 5.69 Å². The SMILES string of the molecule is CC(C)c1ncc(N(C)CC2CCOCC2)c(CN)n1. The molecular weight excluding hydrogens is 252 g/mol. The molecule has 112 valence electrons. The molecule has 5 heteroatoms. The summed E-state index contributed by atoms with van der Waals surface area (Å²) in [7, 11) is 2.10. The van der Waals surface area contributed by atoms with Crippen molar-refractivity contribution in [1.29, 1.82) is 0 Å². The van der Waals surface area contributed by atoms with Crippen LogP contribution in [0.3, 0.4) is 0 Å². The molecule has 0 unspecified atom stereocenters.